The maximum Gasteiger partial charge on any atom is 1.00 e. The van der Waals surface area contributed by atoms with Gasteiger partial charge in [0.05, 0.1) is 46.0 Å². The quantitative estimate of drug-likeness (QED) is 0.0212. The van der Waals surface area contributed by atoms with Gasteiger partial charge in [0, 0.05) is 70.2 Å². The summed E-state index contributed by atoms with van der Waals surface area (Å²) in [5.74, 6) is 0.440. The number of hydrogen-bond acceptors (Lipinski definition) is 16. The van der Waals surface area contributed by atoms with Gasteiger partial charge in [0.2, 0.25) is 0 Å². The second-order valence-corrected chi connectivity index (χ2v) is 32.4. The first kappa shape index (κ1) is 97.7. The van der Waals surface area contributed by atoms with Crippen LogP contribution in [0.1, 0.15) is 329 Å². The Morgan fingerprint density at radius 1 is 0.230 bits per heavy atom. The van der Waals surface area contributed by atoms with Gasteiger partial charge in [0.25, 0.3) is 0 Å². The summed E-state index contributed by atoms with van der Waals surface area (Å²) in [6.45, 7) is 9.22. The van der Waals surface area contributed by atoms with Crippen LogP contribution in [-0.2, 0) is 66.2 Å². The Hall–Kier alpha value is -0.280. The summed E-state index contributed by atoms with van der Waals surface area (Å²) in [5.41, 5.74) is 0.772. The van der Waals surface area contributed by atoms with Crippen molar-refractivity contribution in [3.05, 3.63) is 93.0 Å². The molecule has 100 heavy (non-hydrogen) atoms. The molecule has 5 rings (SSSR count). The first-order valence-corrected chi connectivity index (χ1v) is 42.7. The van der Waals surface area contributed by atoms with Crippen molar-refractivity contribution in [2.45, 2.75) is 330 Å². The van der Waals surface area contributed by atoms with E-state index < -0.39 is 60.1 Å². The Labute approximate surface area is 693 Å². The second kappa shape index (κ2) is 54.3. The number of rotatable bonds is 52. The molecule has 0 radical (unpaired) electrons. The van der Waals surface area contributed by atoms with Crippen LogP contribution in [-0.4, -0.2) is 78.3 Å². The van der Waals surface area contributed by atoms with Crippen molar-refractivity contribution in [2.75, 3.05) is 26.4 Å². The topological polar surface area (TPSA) is 266 Å². The molecular formula is C76H116Na4O16S4. The van der Waals surface area contributed by atoms with Gasteiger partial charge in [-0.3, -0.25) is 0 Å². The molecule has 4 aromatic carbocycles. The van der Waals surface area contributed by atoms with E-state index in [0.29, 0.717) is 25.7 Å². The van der Waals surface area contributed by atoms with Gasteiger partial charge in [0.1, 0.15) is 63.5 Å². The molecule has 16 nitrogen and oxygen atoms in total. The van der Waals surface area contributed by atoms with Crippen molar-refractivity contribution in [2.24, 2.45) is 0 Å². The fourth-order valence-corrected chi connectivity index (χ4v) is 15.4. The Balaban J connectivity index is 0.0000125. The number of hydrogen-bond donors (Lipinski definition) is 0. The predicted octanol–water partition coefficient (Wildman–Crippen LogP) is 7.19. The van der Waals surface area contributed by atoms with Gasteiger partial charge >= 0.3 is 118 Å². The van der Waals surface area contributed by atoms with Crippen LogP contribution < -0.4 is 137 Å². The molecule has 4 aromatic rings. The second-order valence-electron chi connectivity index (χ2n) is 26.9. The van der Waals surface area contributed by atoms with Crippen LogP contribution in [0, 0.1) is 0 Å². The smallest absolute Gasteiger partial charge is 0.744 e. The minimum Gasteiger partial charge on any atom is -0.744 e. The van der Waals surface area contributed by atoms with Gasteiger partial charge in [-0.15, -0.1) is 0 Å². The molecule has 0 amide bonds. The molecule has 0 unspecified atom stereocenters. The molecule has 0 saturated heterocycles. The third kappa shape index (κ3) is 37.7. The third-order valence-electron chi connectivity index (χ3n) is 18.5. The molecule has 0 aromatic heterocycles. The van der Waals surface area contributed by atoms with Gasteiger partial charge in [-0.2, -0.15) is 0 Å². The van der Waals surface area contributed by atoms with Crippen molar-refractivity contribution in [1.82, 2.24) is 0 Å². The Morgan fingerprint density at radius 3 is 0.470 bits per heavy atom. The van der Waals surface area contributed by atoms with E-state index in [1.54, 1.807) is 0 Å². The van der Waals surface area contributed by atoms with Crippen LogP contribution in [0.5, 0.6) is 23.0 Å². The van der Waals surface area contributed by atoms with Crippen LogP contribution in [0.4, 0.5) is 0 Å². The van der Waals surface area contributed by atoms with Gasteiger partial charge in [0.15, 0.2) is 0 Å². The molecule has 0 heterocycles. The number of fused-ring (bicyclic) bond motifs is 8. The normalized spacial score (nSPS) is 12.4. The van der Waals surface area contributed by atoms with E-state index in [-0.39, 0.29) is 238 Å². The summed E-state index contributed by atoms with van der Waals surface area (Å²) in [6.07, 6.45) is 39.7. The van der Waals surface area contributed by atoms with Crippen molar-refractivity contribution in [3.63, 3.8) is 0 Å². The largest absolute Gasteiger partial charge is 1.00 e. The minimum absolute atomic E-state index is 0. The average molecular weight is 1510 g/mol. The van der Waals surface area contributed by atoms with Crippen LogP contribution >= 0.6 is 0 Å². The van der Waals surface area contributed by atoms with Crippen LogP contribution in [0.15, 0.2) is 68.1 Å². The first-order valence-electron chi connectivity index (χ1n) is 37.1. The molecule has 0 spiro atoms. The number of benzene rings is 4. The van der Waals surface area contributed by atoms with Crippen LogP contribution in [0.3, 0.4) is 0 Å². The molecule has 0 fully saturated rings. The predicted molar refractivity (Wildman–Crippen MR) is 378 cm³/mol. The van der Waals surface area contributed by atoms with Gasteiger partial charge in [-0.1, -0.05) is 259 Å². The molecule has 0 aliphatic heterocycles. The van der Waals surface area contributed by atoms with Gasteiger partial charge in [-0.25, -0.2) is 33.7 Å². The zero-order valence-corrected chi connectivity index (χ0v) is 74.0. The molecule has 0 N–H and O–H groups in total. The molecule has 0 atom stereocenters. The number of unbranched alkanes of at least 4 members (excludes halogenated alkanes) is 36. The molecule has 24 heteroatoms. The maximum absolute atomic E-state index is 13.5. The van der Waals surface area contributed by atoms with Crippen LogP contribution in [0.2, 0.25) is 0 Å². The molecule has 8 bridgehead atoms. The van der Waals surface area contributed by atoms with E-state index >= 15 is 0 Å². The fraction of sp³-hybridized carbons (Fsp3) is 0.684. The van der Waals surface area contributed by atoms with E-state index in [2.05, 4.69) is 27.7 Å². The molecule has 1 aliphatic rings. The van der Waals surface area contributed by atoms with Crippen LogP contribution in [0.25, 0.3) is 0 Å². The van der Waals surface area contributed by atoms with E-state index in [0.717, 1.165) is 177 Å². The van der Waals surface area contributed by atoms with Gasteiger partial charge < -0.3 is 37.2 Å². The van der Waals surface area contributed by atoms with E-state index in [4.69, 9.17) is 18.9 Å². The van der Waals surface area contributed by atoms with E-state index in [1.807, 2.05) is 0 Å². The van der Waals surface area contributed by atoms with Crippen molar-refractivity contribution in [3.8, 4) is 23.0 Å². The fourth-order valence-electron chi connectivity index (χ4n) is 13.1. The molecule has 0 saturated carbocycles. The zero-order chi connectivity index (χ0) is 69.7. The molecular weight excluding hydrogens is 1390 g/mol. The summed E-state index contributed by atoms with van der Waals surface area (Å²) in [5, 5.41) is 0. The Bertz CT molecular complexity index is 2870. The average Bonchev–Trinajstić information content (AvgIpc) is 0.766. The zero-order valence-electron chi connectivity index (χ0n) is 62.7. The summed E-state index contributed by atoms with van der Waals surface area (Å²) in [7, 11) is -21.2. The maximum atomic E-state index is 13.5. The van der Waals surface area contributed by atoms with Crippen molar-refractivity contribution >= 4 is 40.5 Å². The molecule has 544 valence electrons. The summed E-state index contributed by atoms with van der Waals surface area (Å²) in [6, 6.07) is 9.28. The third-order valence-corrected chi connectivity index (χ3v) is 21.8. The number of ether oxygens (including phenoxy) is 4. The molecule has 1 aliphatic carbocycles. The summed E-state index contributed by atoms with van der Waals surface area (Å²) >= 11 is 0. The van der Waals surface area contributed by atoms with Crippen molar-refractivity contribution in [1.29, 1.82) is 0 Å². The SMILES string of the molecule is CCCCCCCCCCCCOc1c2cc(S(=O)(=O)[O-])cc1Cc1cc(S(=O)(=O)[O-])cc(c1OCCCCCCCCCCCC)Cc1cc(S(=O)(=O)[O-])cc(c1OCCCCCCCCCCCC)Cc1cc(S(=O)(=O)[O-])cc(c1OCCCCCCCCCCCC)C2.[Na+].[Na+].[Na+].[Na+]. The summed E-state index contributed by atoms with van der Waals surface area (Å²) in [4.78, 5) is -2.70. The Morgan fingerprint density at radius 2 is 0.350 bits per heavy atom. The van der Waals surface area contributed by atoms with Crippen molar-refractivity contribution < 1.29 is 189 Å². The summed E-state index contributed by atoms with van der Waals surface area (Å²) < 4.78 is 189. The van der Waals surface area contributed by atoms with E-state index in [1.165, 1.54) is 103 Å². The monoisotopic (exact) mass is 1500 g/mol. The van der Waals surface area contributed by atoms with Gasteiger partial charge in [-0.05, 0) is 74.2 Å². The first-order chi connectivity index (χ1) is 46.1. The van der Waals surface area contributed by atoms with E-state index in [9.17, 15) is 51.9 Å². The minimum atomic E-state index is -5.29. The Kier molecular flexibility index (Phi) is 53.1. The standard InChI is InChI=1S/C76H120O16S4.4Na/c1-5-9-13-17-21-25-29-33-37-41-45-89-73-61-49-63-55-70(94(80,81)82)57-65(74(63)90-46-42-38-34-30-26-22-18-14-10-6-2)51-67-59-72(96(86,87)88)60-68(76(67)92-48-44-40-36-32-28-24-20-16-12-8-4)52-66-58-71(95(83,84)85)56-64(50-62(73)54-69(53-61)93(77,78)79)75(66)91-47-43-39-35-31-27-23-19-15-11-7-3;;;;/h53-60H,5-52H2,1-4H3,(H,77,78,79)(H,80,81,82)(H,83,84,85)(H,86,87,88);;;;/q;4*+1/p-4.